The zero-order valence-electron chi connectivity index (χ0n) is 23.3. The van der Waals surface area contributed by atoms with Crippen LogP contribution in [0, 0.1) is 0 Å². The van der Waals surface area contributed by atoms with Crippen LogP contribution in [-0.2, 0) is 6.54 Å². The van der Waals surface area contributed by atoms with Crippen LogP contribution in [0.25, 0.3) is 16.5 Å². The summed E-state index contributed by atoms with van der Waals surface area (Å²) in [7, 11) is 0. The number of pyridine rings is 1. The zero-order chi connectivity index (χ0) is 27.5. The first kappa shape index (κ1) is 26.5. The summed E-state index contributed by atoms with van der Waals surface area (Å²) in [5, 5.41) is 4.61. The molecule has 0 bridgehead atoms. The molecule has 3 aromatic carbocycles. The van der Waals surface area contributed by atoms with Gasteiger partial charge in [0.15, 0.2) is 0 Å². The fourth-order valence-electron chi connectivity index (χ4n) is 6.56. The summed E-state index contributed by atoms with van der Waals surface area (Å²) in [5.74, 6) is -0.136. The lowest BCUT2D eigenvalue weighted by molar-refractivity contribution is 0.0446. The summed E-state index contributed by atoms with van der Waals surface area (Å²) in [4.78, 5) is 33.5. The standard InChI is InChI=1S/C34H38N4O2/c1-2-30(25-13-5-3-6-14-25)35-33(39)32-28-18-9-10-19-29(28)34(40)38(26-15-7-4-8-16-26)31(32)24-36-21-22-37-20-12-11-17-27(37)23-36/h3-10,13-16,18-19,27,30H,2,11-12,17,20-24H2,1H3,(H,35,39)/t27-,30?/m0/s1. The van der Waals surface area contributed by atoms with E-state index in [2.05, 4.69) is 34.2 Å². The molecule has 0 spiro atoms. The second kappa shape index (κ2) is 11.8. The number of hydrogen-bond donors (Lipinski definition) is 1. The largest absolute Gasteiger partial charge is 0.345 e. The van der Waals surface area contributed by atoms with Crippen LogP contribution in [0.4, 0.5) is 0 Å². The third kappa shape index (κ3) is 5.21. The van der Waals surface area contributed by atoms with Crippen LogP contribution in [0.3, 0.4) is 0 Å². The molecular weight excluding hydrogens is 496 g/mol. The molecule has 1 amide bonds. The minimum Gasteiger partial charge on any atom is -0.345 e. The van der Waals surface area contributed by atoms with Gasteiger partial charge in [0.1, 0.15) is 0 Å². The number of benzene rings is 3. The predicted molar refractivity (Wildman–Crippen MR) is 161 cm³/mol. The Balaban J connectivity index is 1.48. The number of amides is 1. The molecule has 6 nitrogen and oxygen atoms in total. The third-order valence-corrected chi connectivity index (χ3v) is 8.64. The van der Waals surface area contributed by atoms with Gasteiger partial charge in [0.25, 0.3) is 11.5 Å². The molecule has 6 rings (SSSR count). The Labute approximate surface area is 236 Å². The Kier molecular flexibility index (Phi) is 7.80. The molecule has 3 heterocycles. The van der Waals surface area contributed by atoms with Gasteiger partial charge in [0.05, 0.1) is 17.3 Å². The van der Waals surface area contributed by atoms with Crippen molar-refractivity contribution in [1.29, 1.82) is 0 Å². The van der Waals surface area contributed by atoms with Gasteiger partial charge in [-0.2, -0.15) is 0 Å². The first-order valence-electron chi connectivity index (χ1n) is 14.7. The van der Waals surface area contributed by atoms with Gasteiger partial charge in [-0.1, -0.05) is 80.1 Å². The maximum absolute atomic E-state index is 14.3. The molecule has 2 aliphatic heterocycles. The van der Waals surface area contributed by atoms with Crippen LogP contribution >= 0.6 is 0 Å². The number of hydrogen-bond acceptors (Lipinski definition) is 4. The molecule has 4 aromatic rings. The number of carbonyl (C=O) groups excluding carboxylic acids is 1. The Morgan fingerprint density at radius 2 is 1.57 bits per heavy atom. The minimum absolute atomic E-state index is 0.0836. The number of carbonyl (C=O) groups is 1. The Hall–Kier alpha value is -3.74. The highest BCUT2D eigenvalue weighted by atomic mass is 16.2. The molecule has 2 saturated heterocycles. The fourth-order valence-corrected chi connectivity index (χ4v) is 6.56. The molecule has 2 atom stereocenters. The number of fused-ring (bicyclic) bond motifs is 2. The van der Waals surface area contributed by atoms with E-state index >= 15 is 0 Å². The van der Waals surface area contributed by atoms with Crippen molar-refractivity contribution in [2.24, 2.45) is 0 Å². The minimum atomic E-state index is -0.136. The summed E-state index contributed by atoms with van der Waals surface area (Å²) in [6, 6.07) is 27.9. The number of para-hydroxylation sites is 1. The second-order valence-electron chi connectivity index (χ2n) is 11.1. The van der Waals surface area contributed by atoms with Crippen molar-refractivity contribution in [2.45, 2.75) is 51.2 Å². The Morgan fingerprint density at radius 3 is 2.33 bits per heavy atom. The van der Waals surface area contributed by atoms with Gasteiger partial charge < -0.3 is 5.32 Å². The van der Waals surface area contributed by atoms with E-state index in [0.717, 1.165) is 43.0 Å². The monoisotopic (exact) mass is 534 g/mol. The normalized spacial score (nSPS) is 18.8. The van der Waals surface area contributed by atoms with Gasteiger partial charge >= 0.3 is 0 Å². The molecule has 40 heavy (non-hydrogen) atoms. The maximum atomic E-state index is 14.3. The van der Waals surface area contributed by atoms with Crippen LogP contribution in [0.1, 0.15) is 60.3 Å². The third-order valence-electron chi connectivity index (χ3n) is 8.64. The van der Waals surface area contributed by atoms with Crippen molar-refractivity contribution < 1.29 is 4.79 Å². The average Bonchev–Trinajstić information content (AvgIpc) is 3.01. The van der Waals surface area contributed by atoms with Crippen molar-refractivity contribution in [1.82, 2.24) is 19.7 Å². The van der Waals surface area contributed by atoms with Gasteiger partial charge in [0.2, 0.25) is 0 Å². The Morgan fingerprint density at radius 1 is 0.875 bits per heavy atom. The number of piperazine rings is 1. The number of aromatic nitrogens is 1. The van der Waals surface area contributed by atoms with Crippen molar-refractivity contribution in [3.63, 3.8) is 0 Å². The molecular formula is C34H38N4O2. The number of piperidine rings is 1. The van der Waals surface area contributed by atoms with Crippen LogP contribution in [-0.4, -0.2) is 52.5 Å². The van der Waals surface area contributed by atoms with E-state index < -0.39 is 0 Å². The highest BCUT2D eigenvalue weighted by Crippen LogP contribution is 2.28. The molecule has 2 aliphatic rings. The highest BCUT2D eigenvalue weighted by molar-refractivity contribution is 6.08. The lowest BCUT2D eigenvalue weighted by Crippen LogP contribution is -2.54. The van der Waals surface area contributed by atoms with Gasteiger partial charge in [-0.05, 0) is 49.6 Å². The maximum Gasteiger partial charge on any atom is 0.263 e. The first-order chi connectivity index (χ1) is 19.6. The zero-order valence-corrected chi connectivity index (χ0v) is 23.3. The summed E-state index contributed by atoms with van der Waals surface area (Å²) in [5.41, 5.74) is 3.14. The number of nitrogens with one attached hydrogen (secondary N) is 1. The number of nitrogens with zero attached hydrogens (tertiary/aromatic N) is 3. The summed E-state index contributed by atoms with van der Waals surface area (Å²) < 4.78 is 1.79. The van der Waals surface area contributed by atoms with Crippen molar-refractivity contribution in [3.05, 3.63) is 112 Å². The molecule has 6 heteroatoms. The quantitative estimate of drug-likeness (QED) is 0.338. The van der Waals surface area contributed by atoms with Crippen LogP contribution < -0.4 is 10.9 Å². The summed E-state index contributed by atoms with van der Waals surface area (Å²) in [6.07, 6.45) is 4.53. The van der Waals surface area contributed by atoms with Gasteiger partial charge in [-0.3, -0.25) is 24.0 Å². The highest BCUT2D eigenvalue weighted by Gasteiger charge is 2.31. The van der Waals surface area contributed by atoms with Crippen molar-refractivity contribution >= 4 is 16.7 Å². The molecule has 206 valence electrons. The van der Waals surface area contributed by atoms with Crippen LogP contribution in [0.2, 0.25) is 0 Å². The van der Waals surface area contributed by atoms with Gasteiger partial charge in [-0.15, -0.1) is 0 Å². The molecule has 1 unspecified atom stereocenters. The van der Waals surface area contributed by atoms with E-state index in [1.54, 1.807) is 4.57 Å². The summed E-state index contributed by atoms with van der Waals surface area (Å²) >= 11 is 0. The number of rotatable bonds is 7. The smallest absolute Gasteiger partial charge is 0.263 e. The van der Waals surface area contributed by atoms with Crippen LogP contribution in [0.15, 0.2) is 89.7 Å². The predicted octanol–water partition coefficient (Wildman–Crippen LogP) is 5.54. The van der Waals surface area contributed by atoms with E-state index in [0.29, 0.717) is 28.9 Å². The Bertz CT molecular complexity index is 1530. The molecule has 1 N–H and O–H groups in total. The first-order valence-corrected chi connectivity index (χ1v) is 14.7. The molecule has 0 radical (unpaired) electrons. The lowest BCUT2D eigenvalue weighted by atomic mass is 9.97. The van der Waals surface area contributed by atoms with Gasteiger partial charge in [0, 0.05) is 48.7 Å². The van der Waals surface area contributed by atoms with Crippen molar-refractivity contribution in [3.8, 4) is 5.69 Å². The van der Waals surface area contributed by atoms with Crippen LogP contribution in [0.5, 0.6) is 0 Å². The molecule has 1 aromatic heterocycles. The van der Waals surface area contributed by atoms with Crippen molar-refractivity contribution in [2.75, 3.05) is 26.2 Å². The second-order valence-corrected chi connectivity index (χ2v) is 11.1. The SMILES string of the molecule is CCC(NC(=O)c1c(CN2CCN3CCCC[C@H]3C2)n(-c2ccccc2)c(=O)c2ccccc12)c1ccccc1. The lowest BCUT2D eigenvalue weighted by Gasteiger charge is -2.44. The van der Waals surface area contributed by atoms with Gasteiger partial charge in [-0.25, -0.2) is 0 Å². The van der Waals surface area contributed by atoms with E-state index in [1.807, 2.05) is 72.8 Å². The van der Waals surface area contributed by atoms with E-state index in [-0.39, 0.29) is 17.5 Å². The average molecular weight is 535 g/mol. The molecule has 0 saturated carbocycles. The van der Waals surface area contributed by atoms with E-state index in [1.165, 1.54) is 25.8 Å². The molecule has 2 fully saturated rings. The summed E-state index contributed by atoms with van der Waals surface area (Å²) in [6.45, 7) is 6.72. The fraction of sp³-hybridized carbons (Fsp3) is 0.353. The van der Waals surface area contributed by atoms with E-state index in [9.17, 15) is 9.59 Å². The van der Waals surface area contributed by atoms with E-state index in [4.69, 9.17) is 0 Å². The topological polar surface area (TPSA) is 57.6 Å². The molecule has 0 aliphatic carbocycles.